The van der Waals surface area contributed by atoms with E-state index in [1.807, 2.05) is 30.3 Å². The van der Waals surface area contributed by atoms with Gasteiger partial charge in [-0.2, -0.15) is 0 Å². The third-order valence-corrected chi connectivity index (χ3v) is 7.74. The number of aliphatic hydroxyl groups is 1. The van der Waals surface area contributed by atoms with Crippen molar-refractivity contribution >= 4 is 11.7 Å². The second-order valence-electron chi connectivity index (χ2n) is 10.4. The van der Waals surface area contributed by atoms with Gasteiger partial charge < -0.3 is 20.1 Å². The Kier molecular flexibility index (Phi) is 9.56. The Bertz CT molecular complexity index is 1150. The fourth-order valence-electron chi connectivity index (χ4n) is 5.45. The van der Waals surface area contributed by atoms with E-state index < -0.39 is 5.60 Å². The summed E-state index contributed by atoms with van der Waals surface area (Å²) in [6.45, 7) is 4.33. The number of benzene rings is 1. The molecule has 9 nitrogen and oxygen atoms in total. The number of hydrogen-bond donors (Lipinski definition) is 2. The predicted octanol–water partition coefficient (Wildman–Crippen LogP) is 1.93. The molecule has 2 saturated heterocycles. The van der Waals surface area contributed by atoms with Crippen LogP contribution in [0.4, 0.5) is 5.82 Å². The van der Waals surface area contributed by atoms with Crippen molar-refractivity contribution in [2.45, 2.75) is 56.2 Å². The van der Waals surface area contributed by atoms with Crippen molar-refractivity contribution in [3.8, 4) is 12.3 Å². The number of likely N-dealkylation sites (tertiary alicyclic amines) is 2. The standard InChI is InChI=1S/C29H39N5O4/c1-3-23(24-8-5-4-6-9-24)18-27(35)33-15-11-29(37,12-16-33)21-34-22-31-26(19-28(34)36)30-13-17-32-14-7-10-25(32)20-38-2/h1,4-6,8-9,19,22-23,25,30,37H,7,10-18,20-21H2,2H3/t23-,25-/m1/s1. The molecule has 2 aliphatic heterocycles. The van der Waals surface area contributed by atoms with E-state index >= 15 is 0 Å². The van der Waals surface area contributed by atoms with Crippen LogP contribution in [0.5, 0.6) is 0 Å². The van der Waals surface area contributed by atoms with Gasteiger partial charge in [0.25, 0.3) is 5.56 Å². The number of anilines is 1. The molecule has 0 bridgehead atoms. The molecule has 2 atom stereocenters. The second-order valence-corrected chi connectivity index (χ2v) is 10.4. The maximum Gasteiger partial charge on any atom is 0.255 e. The number of nitrogens with one attached hydrogen (secondary N) is 1. The second kappa shape index (κ2) is 13.1. The van der Waals surface area contributed by atoms with Crippen LogP contribution >= 0.6 is 0 Å². The summed E-state index contributed by atoms with van der Waals surface area (Å²) in [4.78, 5) is 34.2. The molecular formula is C29H39N5O4. The molecule has 2 N–H and O–H groups in total. The van der Waals surface area contributed by atoms with Gasteiger partial charge in [-0.05, 0) is 37.8 Å². The fourth-order valence-corrected chi connectivity index (χ4v) is 5.45. The van der Waals surface area contributed by atoms with Crippen LogP contribution in [0, 0.1) is 12.3 Å². The predicted molar refractivity (Wildman–Crippen MR) is 147 cm³/mol. The van der Waals surface area contributed by atoms with E-state index in [4.69, 9.17) is 11.2 Å². The molecule has 0 radical (unpaired) electrons. The average Bonchev–Trinajstić information content (AvgIpc) is 3.36. The maximum absolute atomic E-state index is 12.9. The SMILES string of the molecule is C#C[C@H](CC(=O)N1CCC(O)(Cn2cnc(NCCN3CCC[C@@H]3COC)cc2=O)CC1)c1ccccc1. The van der Waals surface area contributed by atoms with Crippen LogP contribution in [0.25, 0.3) is 0 Å². The van der Waals surface area contributed by atoms with E-state index in [0.717, 1.165) is 31.7 Å². The van der Waals surface area contributed by atoms with Crippen molar-refractivity contribution < 1.29 is 14.6 Å². The topological polar surface area (TPSA) is 99.9 Å². The third kappa shape index (κ3) is 7.22. The Hall–Kier alpha value is -3.19. The Labute approximate surface area is 224 Å². The highest BCUT2D eigenvalue weighted by Crippen LogP contribution is 2.26. The van der Waals surface area contributed by atoms with E-state index in [9.17, 15) is 14.7 Å². The van der Waals surface area contributed by atoms with E-state index in [1.54, 1.807) is 12.0 Å². The summed E-state index contributed by atoms with van der Waals surface area (Å²) in [6.07, 6.45) is 10.5. The van der Waals surface area contributed by atoms with Gasteiger partial charge in [0.05, 0.1) is 31.0 Å². The van der Waals surface area contributed by atoms with Crippen LogP contribution in [0.3, 0.4) is 0 Å². The molecule has 0 aliphatic carbocycles. The smallest absolute Gasteiger partial charge is 0.255 e. The van der Waals surface area contributed by atoms with Crippen molar-refractivity contribution in [3.05, 3.63) is 58.6 Å². The molecule has 4 rings (SSSR count). The van der Waals surface area contributed by atoms with Gasteiger partial charge in [-0.1, -0.05) is 36.3 Å². The molecule has 38 heavy (non-hydrogen) atoms. The lowest BCUT2D eigenvalue weighted by Crippen LogP contribution is -2.49. The summed E-state index contributed by atoms with van der Waals surface area (Å²) >= 11 is 0. The van der Waals surface area contributed by atoms with E-state index in [1.165, 1.54) is 23.4 Å². The number of hydrogen-bond acceptors (Lipinski definition) is 7. The van der Waals surface area contributed by atoms with Gasteiger partial charge in [-0.25, -0.2) is 4.98 Å². The zero-order valence-corrected chi connectivity index (χ0v) is 22.2. The normalized spacial score (nSPS) is 20.1. The van der Waals surface area contributed by atoms with E-state index in [0.29, 0.717) is 44.3 Å². The summed E-state index contributed by atoms with van der Waals surface area (Å²) in [5.74, 6) is 2.96. The van der Waals surface area contributed by atoms with Crippen LogP contribution in [0.1, 0.15) is 43.6 Å². The molecule has 2 aromatic rings. The molecule has 2 aliphatic rings. The van der Waals surface area contributed by atoms with Crippen molar-refractivity contribution in [2.24, 2.45) is 0 Å². The molecule has 0 unspecified atom stereocenters. The molecule has 204 valence electrons. The number of carbonyl (C=O) groups is 1. The molecule has 0 spiro atoms. The number of ether oxygens (including phenoxy) is 1. The maximum atomic E-state index is 12.9. The Morgan fingerprint density at radius 3 is 2.74 bits per heavy atom. The lowest BCUT2D eigenvalue weighted by molar-refractivity contribution is -0.136. The van der Waals surface area contributed by atoms with Crippen molar-refractivity contribution in [2.75, 3.05) is 51.8 Å². The first-order chi connectivity index (χ1) is 18.4. The van der Waals surface area contributed by atoms with E-state index in [-0.39, 0.29) is 30.3 Å². The van der Waals surface area contributed by atoms with Crippen molar-refractivity contribution in [1.82, 2.24) is 19.4 Å². The van der Waals surface area contributed by atoms with Crippen LogP contribution in [0.2, 0.25) is 0 Å². The molecular weight excluding hydrogens is 482 g/mol. The molecule has 1 aromatic carbocycles. The summed E-state index contributed by atoms with van der Waals surface area (Å²) in [6, 6.07) is 11.5. The number of carbonyl (C=O) groups excluding carboxylic acids is 1. The summed E-state index contributed by atoms with van der Waals surface area (Å²) in [5, 5.41) is 14.4. The molecule has 2 fully saturated rings. The van der Waals surface area contributed by atoms with Gasteiger partial charge >= 0.3 is 0 Å². The lowest BCUT2D eigenvalue weighted by Gasteiger charge is -2.38. The first-order valence-corrected chi connectivity index (χ1v) is 13.5. The zero-order chi connectivity index (χ0) is 27.0. The number of amides is 1. The Morgan fingerprint density at radius 1 is 1.29 bits per heavy atom. The Balaban J connectivity index is 1.25. The molecule has 1 aromatic heterocycles. The number of aromatic nitrogens is 2. The minimum absolute atomic E-state index is 0.0180. The number of rotatable bonds is 11. The number of nitrogens with zero attached hydrogens (tertiary/aromatic N) is 4. The highest BCUT2D eigenvalue weighted by Gasteiger charge is 2.35. The van der Waals surface area contributed by atoms with Gasteiger partial charge in [0, 0.05) is 51.8 Å². The summed E-state index contributed by atoms with van der Waals surface area (Å²) < 4.78 is 6.75. The van der Waals surface area contributed by atoms with Gasteiger partial charge in [0.2, 0.25) is 5.91 Å². The van der Waals surface area contributed by atoms with Crippen LogP contribution < -0.4 is 10.9 Å². The van der Waals surface area contributed by atoms with Crippen LogP contribution in [0.15, 0.2) is 47.5 Å². The first-order valence-electron chi connectivity index (χ1n) is 13.5. The average molecular weight is 522 g/mol. The number of piperidine rings is 1. The fraction of sp³-hybridized carbons (Fsp3) is 0.552. The monoisotopic (exact) mass is 521 g/mol. The summed E-state index contributed by atoms with van der Waals surface area (Å²) in [5.41, 5.74) is -0.338. The molecule has 1 amide bonds. The third-order valence-electron chi connectivity index (χ3n) is 7.74. The molecule has 0 saturated carbocycles. The van der Waals surface area contributed by atoms with Gasteiger partial charge in [0.1, 0.15) is 5.82 Å². The van der Waals surface area contributed by atoms with Crippen molar-refractivity contribution in [3.63, 3.8) is 0 Å². The zero-order valence-electron chi connectivity index (χ0n) is 22.2. The van der Waals surface area contributed by atoms with Crippen LogP contribution in [-0.2, 0) is 16.1 Å². The first kappa shape index (κ1) is 27.8. The quantitative estimate of drug-likeness (QED) is 0.436. The lowest BCUT2D eigenvalue weighted by atomic mass is 9.90. The van der Waals surface area contributed by atoms with Gasteiger partial charge in [-0.15, -0.1) is 6.42 Å². The van der Waals surface area contributed by atoms with Crippen LogP contribution in [-0.4, -0.2) is 88.4 Å². The largest absolute Gasteiger partial charge is 0.388 e. The number of terminal acetylenes is 1. The summed E-state index contributed by atoms with van der Waals surface area (Å²) in [7, 11) is 1.73. The minimum Gasteiger partial charge on any atom is -0.388 e. The number of methoxy groups -OCH3 is 1. The Morgan fingerprint density at radius 2 is 2.05 bits per heavy atom. The molecule has 3 heterocycles. The highest BCUT2D eigenvalue weighted by molar-refractivity contribution is 5.77. The molecule has 9 heteroatoms. The highest BCUT2D eigenvalue weighted by atomic mass is 16.5. The van der Waals surface area contributed by atoms with Crippen molar-refractivity contribution in [1.29, 1.82) is 0 Å². The van der Waals surface area contributed by atoms with Gasteiger partial charge in [0.15, 0.2) is 0 Å². The van der Waals surface area contributed by atoms with E-state index in [2.05, 4.69) is 21.1 Å². The van der Waals surface area contributed by atoms with Gasteiger partial charge in [-0.3, -0.25) is 19.1 Å². The minimum atomic E-state index is -1.08.